The number of hydrogen-bond donors (Lipinski definition) is 1. The van der Waals surface area contributed by atoms with Crippen molar-refractivity contribution in [3.05, 3.63) is 59.9 Å². The monoisotopic (exact) mass is 391 g/mol. The summed E-state index contributed by atoms with van der Waals surface area (Å²) in [7, 11) is 0. The van der Waals surface area contributed by atoms with E-state index in [0.717, 1.165) is 38.2 Å². The van der Waals surface area contributed by atoms with Crippen LogP contribution in [0.1, 0.15) is 49.8 Å². The molecule has 4 nitrogen and oxygen atoms in total. The zero-order chi connectivity index (χ0) is 19.7. The number of piperidine rings is 2. The van der Waals surface area contributed by atoms with Crippen LogP contribution in [0.15, 0.2) is 48.7 Å². The minimum atomic E-state index is -0.756. The molecule has 0 radical (unpaired) electrons. The first-order valence-corrected chi connectivity index (χ1v) is 11.4. The number of aliphatic hydroxyl groups is 1. The molecule has 4 heteroatoms. The minimum Gasteiger partial charge on any atom is -0.383 e. The number of likely N-dealkylation sites (tertiary alicyclic amines) is 1. The molecule has 1 aliphatic carbocycles. The summed E-state index contributed by atoms with van der Waals surface area (Å²) in [4.78, 5) is 9.62. The number of hydrogen-bond acceptors (Lipinski definition) is 4. The van der Waals surface area contributed by atoms with E-state index in [2.05, 4.69) is 39.0 Å². The fourth-order valence-corrected chi connectivity index (χ4v) is 5.91. The average Bonchev–Trinajstić information content (AvgIpc) is 2.76. The summed E-state index contributed by atoms with van der Waals surface area (Å²) in [5, 5.41) is 11.7. The molecule has 5 rings (SSSR count). The van der Waals surface area contributed by atoms with E-state index >= 15 is 0 Å². The fraction of sp³-hybridized carbons (Fsp3) is 0.560. The molecule has 3 fully saturated rings. The standard InChI is InChI=1S/C25H33N3O/c29-25(24-9-2-3-14-26-24)21-7-6-8-22(25)19-27(18-21)17-20-10-12-23(13-11-20)28-15-4-1-5-16-28/h2-3,9-14,21-22,29H,1,4-8,15-19H2. The molecule has 1 aromatic carbocycles. The SMILES string of the molecule is OC1(c2ccccn2)C2CCCC1CN(Cc1ccc(N3CCCCC3)cc1)C2. The molecular formula is C25H33N3O. The number of rotatable bonds is 4. The first kappa shape index (κ1) is 19.1. The van der Waals surface area contributed by atoms with Crippen molar-refractivity contribution in [3.63, 3.8) is 0 Å². The Hall–Kier alpha value is -1.91. The number of benzene rings is 1. The first-order valence-electron chi connectivity index (χ1n) is 11.4. The Morgan fingerprint density at radius 3 is 2.28 bits per heavy atom. The first-order chi connectivity index (χ1) is 14.2. The van der Waals surface area contributed by atoms with Crippen LogP contribution in [0.2, 0.25) is 0 Å². The second-order valence-corrected chi connectivity index (χ2v) is 9.27. The maximum Gasteiger partial charge on any atom is 0.114 e. The molecule has 2 unspecified atom stereocenters. The molecule has 29 heavy (non-hydrogen) atoms. The van der Waals surface area contributed by atoms with E-state index in [1.54, 1.807) is 0 Å². The zero-order valence-corrected chi connectivity index (χ0v) is 17.3. The third-order valence-corrected chi connectivity index (χ3v) is 7.45. The fourth-order valence-electron chi connectivity index (χ4n) is 5.91. The maximum absolute atomic E-state index is 11.7. The van der Waals surface area contributed by atoms with Crippen LogP contribution >= 0.6 is 0 Å². The third-order valence-electron chi connectivity index (χ3n) is 7.45. The number of aromatic nitrogens is 1. The average molecular weight is 392 g/mol. The van der Waals surface area contributed by atoms with Gasteiger partial charge in [-0.3, -0.25) is 9.88 Å². The summed E-state index contributed by atoms with van der Waals surface area (Å²) >= 11 is 0. The van der Waals surface area contributed by atoms with E-state index < -0.39 is 5.60 Å². The van der Waals surface area contributed by atoms with Crippen molar-refractivity contribution in [3.8, 4) is 0 Å². The van der Waals surface area contributed by atoms with Crippen LogP contribution in [-0.4, -0.2) is 41.2 Å². The molecule has 1 aromatic heterocycles. The number of anilines is 1. The van der Waals surface area contributed by atoms with Gasteiger partial charge in [0, 0.05) is 56.4 Å². The van der Waals surface area contributed by atoms with Crippen molar-refractivity contribution in [1.82, 2.24) is 9.88 Å². The van der Waals surface area contributed by atoms with Crippen LogP contribution in [0.4, 0.5) is 5.69 Å². The van der Waals surface area contributed by atoms with Crippen LogP contribution in [0, 0.1) is 11.8 Å². The van der Waals surface area contributed by atoms with E-state index in [9.17, 15) is 5.11 Å². The lowest BCUT2D eigenvalue weighted by Gasteiger charge is -2.52. The van der Waals surface area contributed by atoms with Gasteiger partial charge in [-0.05, 0) is 61.9 Å². The summed E-state index contributed by atoms with van der Waals surface area (Å²) in [5.74, 6) is 0.551. The molecule has 2 aromatic rings. The van der Waals surface area contributed by atoms with Crippen LogP contribution in [0.5, 0.6) is 0 Å². The lowest BCUT2D eigenvalue weighted by atomic mass is 9.64. The Morgan fingerprint density at radius 1 is 0.897 bits per heavy atom. The molecule has 154 valence electrons. The lowest BCUT2D eigenvalue weighted by molar-refractivity contribution is -0.151. The number of fused-ring (bicyclic) bond motifs is 2. The summed E-state index contributed by atoms with van der Waals surface area (Å²) in [6.07, 6.45) is 9.23. The molecule has 3 heterocycles. The second kappa shape index (κ2) is 8.08. The summed E-state index contributed by atoms with van der Waals surface area (Å²) in [5.41, 5.74) is 2.87. The van der Waals surface area contributed by atoms with Crippen molar-refractivity contribution >= 4 is 5.69 Å². The Kier molecular flexibility index (Phi) is 5.31. The van der Waals surface area contributed by atoms with Gasteiger partial charge in [0.25, 0.3) is 0 Å². The van der Waals surface area contributed by atoms with Gasteiger partial charge in [-0.1, -0.05) is 24.6 Å². The van der Waals surface area contributed by atoms with Crippen molar-refractivity contribution in [2.24, 2.45) is 11.8 Å². The largest absolute Gasteiger partial charge is 0.383 e. The summed E-state index contributed by atoms with van der Waals surface area (Å²) in [6.45, 7) is 5.28. The molecule has 0 amide bonds. The summed E-state index contributed by atoms with van der Waals surface area (Å²) < 4.78 is 0. The Bertz CT molecular complexity index is 787. The van der Waals surface area contributed by atoms with Gasteiger partial charge in [0.05, 0.1) is 5.69 Å². The lowest BCUT2D eigenvalue weighted by Crippen LogP contribution is -2.58. The predicted octanol–water partition coefficient (Wildman–Crippen LogP) is 4.19. The molecule has 2 saturated heterocycles. The van der Waals surface area contributed by atoms with E-state index in [-0.39, 0.29) is 11.8 Å². The van der Waals surface area contributed by atoms with Gasteiger partial charge in [-0.2, -0.15) is 0 Å². The Labute approximate surface area is 174 Å². The quantitative estimate of drug-likeness (QED) is 0.848. The molecule has 1 N–H and O–H groups in total. The van der Waals surface area contributed by atoms with Crippen molar-refractivity contribution < 1.29 is 5.11 Å². The normalized spacial score (nSPS) is 30.3. The Balaban J connectivity index is 1.28. The van der Waals surface area contributed by atoms with Crippen molar-refractivity contribution in [1.29, 1.82) is 0 Å². The molecular weight excluding hydrogens is 358 g/mol. The van der Waals surface area contributed by atoms with Crippen molar-refractivity contribution in [2.45, 2.75) is 50.7 Å². The highest BCUT2D eigenvalue weighted by molar-refractivity contribution is 5.47. The van der Waals surface area contributed by atoms with E-state index in [4.69, 9.17) is 0 Å². The van der Waals surface area contributed by atoms with Crippen LogP contribution in [0.25, 0.3) is 0 Å². The molecule has 2 atom stereocenters. The van der Waals surface area contributed by atoms with Gasteiger partial charge in [0.1, 0.15) is 5.60 Å². The third kappa shape index (κ3) is 3.69. The smallest absolute Gasteiger partial charge is 0.114 e. The van der Waals surface area contributed by atoms with Crippen molar-refractivity contribution in [2.75, 3.05) is 31.1 Å². The highest BCUT2D eigenvalue weighted by atomic mass is 16.3. The zero-order valence-electron chi connectivity index (χ0n) is 17.3. The van der Waals surface area contributed by atoms with E-state index in [1.807, 2.05) is 24.4 Å². The molecule has 1 saturated carbocycles. The van der Waals surface area contributed by atoms with Gasteiger partial charge < -0.3 is 10.0 Å². The Morgan fingerprint density at radius 2 is 1.62 bits per heavy atom. The molecule has 2 aliphatic heterocycles. The van der Waals surface area contributed by atoms with Crippen LogP contribution < -0.4 is 4.90 Å². The number of nitrogens with zero attached hydrogens (tertiary/aromatic N) is 3. The minimum absolute atomic E-state index is 0.275. The molecule has 0 spiro atoms. The van der Waals surface area contributed by atoms with Gasteiger partial charge in [-0.25, -0.2) is 0 Å². The van der Waals surface area contributed by atoms with E-state index in [0.29, 0.717) is 0 Å². The van der Waals surface area contributed by atoms with Gasteiger partial charge in [0.2, 0.25) is 0 Å². The second-order valence-electron chi connectivity index (χ2n) is 9.27. The topological polar surface area (TPSA) is 39.6 Å². The molecule has 2 bridgehead atoms. The highest BCUT2D eigenvalue weighted by Crippen LogP contribution is 2.48. The summed E-state index contributed by atoms with van der Waals surface area (Å²) in [6, 6.07) is 15.2. The molecule has 3 aliphatic rings. The predicted molar refractivity (Wildman–Crippen MR) is 117 cm³/mol. The highest BCUT2D eigenvalue weighted by Gasteiger charge is 2.52. The van der Waals surface area contributed by atoms with Gasteiger partial charge in [-0.15, -0.1) is 0 Å². The van der Waals surface area contributed by atoms with Crippen LogP contribution in [0.3, 0.4) is 0 Å². The van der Waals surface area contributed by atoms with E-state index in [1.165, 1.54) is 50.0 Å². The maximum atomic E-state index is 11.7. The van der Waals surface area contributed by atoms with Gasteiger partial charge in [0.15, 0.2) is 0 Å². The van der Waals surface area contributed by atoms with Gasteiger partial charge >= 0.3 is 0 Å². The van der Waals surface area contributed by atoms with Crippen LogP contribution in [-0.2, 0) is 12.1 Å². The number of pyridine rings is 1.